The molecular weight excluding hydrogens is 524 g/mol. The average molecular weight is 558 g/mol. The van der Waals surface area contributed by atoms with Crippen molar-refractivity contribution in [3.8, 4) is 28.5 Å². The fourth-order valence-corrected chi connectivity index (χ4v) is 4.68. The number of rotatable bonds is 10. The summed E-state index contributed by atoms with van der Waals surface area (Å²) < 4.78 is 50.0. The smallest absolute Gasteiger partial charge is 0.410 e. The zero-order chi connectivity index (χ0) is 28.6. The van der Waals surface area contributed by atoms with E-state index in [-0.39, 0.29) is 47.3 Å². The molecule has 1 amide bonds. The molecule has 1 aliphatic carbocycles. The van der Waals surface area contributed by atoms with Crippen LogP contribution in [-0.2, 0) is 4.74 Å². The van der Waals surface area contributed by atoms with E-state index in [2.05, 4.69) is 4.98 Å². The number of alkyl halides is 2. The number of Topliss-reactive ketones (excluding diaryl/α,β-unsaturated/α-hetero) is 1. The Bertz CT molecular complexity index is 1410. The van der Waals surface area contributed by atoms with Gasteiger partial charge in [0.2, 0.25) is 0 Å². The van der Waals surface area contributed by atoms with Gasteiger partial charge in [-0.2, -0.15) is 8.78 Å². The number of methoxy groups -OCH3 is 1. The van der Waals surface area contributed by atoms with E-state index in [9.17, 15) is 18.4 Å². The van der Waals surface area contributed by atoms with Gasteiger partial charge in [0.05, 0.1) is 25.0 Å². The zero-order valence-corrected chi connectivity index (χ0v) is 23.0. The molecule has 1 saturated heterocycles. The number of hydrogen-bond acceptors (Lipinski definition) is 7. The molecule has 0 radical (unpaired) electrons. The number of pyridine rings is 1. The summed E-state index contributed by atoms with van der Waals surface area (Å²) in [6.45, 7) is 3.32. The highest BCUT2D eigenvalue weighted by molar-refractivity contribution is 6.02. The van der Waals surface area contributed by atoms with Crippen LogP contribution in [0.1, 0.15) is 56.8 Å². The van der Waals surface area contributed by atoms with E-state index >= 15 is 0 Å². The molecule has 5 rings (SSSR count). The highest BCUT2D eigenvalue weighted by Gasteiger charge is 2.36. The van der Waals surface area contributed by atoms with E-state index in [1.807, 2.05) is 20.8 Å². The molecule has 0 bridgehead atoms. The second kappa shape index (κ2) is 10.9. The van der Waals surface area contributed by atoms with Crippen LogP contribution in [0.15, 0.2) is 36.7 Å². The molecule has 2 fully saturated rings. The van der Waals surface area contributed by atoms with Crippen molar-refractivity contribution < 1.29 is 37.3 Å². The van der Waals surface area contributed by atoms with Crippen molar-refractivity contribution in [3.05, 3.63) is 42.2 Å². The van der Waals surface area contributed by atoms with Gasteiger partial charge in [-0.1, -0.05) is 0 Å². The van der Waals surface area contributed by atoms with Gasteiger partial charge in [0.15, 0.2) is 5.78 Å². The van der Waals surface area contributed by atoms with E-state index in [1.165, 1.54) is 13.2 Å². The van der Waals surface area contributed by atoms with E-state index in [0.29, 0.717) is 35.8 Å². The van der Waals surface area contributed by atoms with Crippen LogP contribution < -0.4 is 14.2 Å². The average Bonchev–Trinajstić information content (AvgIpc) is 3.56. The molecule has 11 heteroatoms. The van der Waals surface area contributed by atoms with Gasteiger partial charge >= 0.3 is 12.7 Å². The Morgan fingerprint density at radius 2 is 1.88 bits per heavy atom. The van der Waals surface area contributed by atoms with Crippen LogP contribution in [0.3, 0.4) is 0 Å². The van der Waals surface area contributed by atoms with Gasteiger partial charge in [-0.15, -0.1) is 0 Å². The van der Waals surface area contributed by atoms with Crippen molar-refractivity contribution in [2.75, 3.05) is 20.3 Å². The van der Waals surface area contributed by atoms with Gasteiger partial charge < -0.3 is 23.8 Å². The van der Waals surface area contributed by atoms with Crippen LogP contribution in [0.25, 0.3) is 16.9 Å². The monoisotopic (exact) mass is 557 g/mol. The van der Waals surface area contributed by atoms with E-state index in [0.717, 1.165) is 19.3 Å². The maximum Gasteiger partial charge on any atom is 0.410 e. The Hall–Kier alpha value is -3.89. The van der Waals surface area contributed by atoms with Crippen molar-refractivity contribution >= 4 is 17.5 Å². The molecule has 1 atom stereocenters. The lowest BCUT2D eigenvalue weighted by molar-refractivity contribution is -0.0502. The summed E-state index contributed by atoms with van der Waals surface area (Å²) in [6.07, 6.45) is 5.99. The normalized spacial score (nSPS) is 17.1. The Kier molecular flexibility index (Phi) is 7.57. The standard InChI is InChI=1S/C29H33F2N3O6/c1-29(2,3)40-28(36)33-9-7-19(33)16-38-20-8-10-34-21(15-32-25(34)14-20)18-12-23(37-4)26(22(35)11-17-5-6-17)24(13-18)39-27(30)31/h8,10,12-15,17,19,27H,5-7,9,11,16H2,1-4H3. The molecule has 9 nitrogen and oxygen atoms in total. The number of aromatic nitrogens is 2. The van der Waals surface area contributed by atoms with E-state index in [1.54, 1.807) is 39.9 Å². The molecule has 2 aromatic heterocycles. The molecule has 2 aliphatic rings. The van der Waals surface area contributed by atoms with E-state index in [4.69, 9.17) is 18.9 Å². The highest BCUT2D eigenvalue weighted by Crippen LogP contribution is 2.40. The van der Waals surface area contributed by atoms with Crippen molar-refractivity contribution in [2.45, 2.75) is 64.7 Å². The lowest BCUT2D eigenvalue weighted by Gasteiger charge is -2.41. The summed E-state index contributed by atoms with van der Waals surface area (Å²) in [7, 11) is 1.39. The molecule has 1 aliphatic heterocycles. The number of benzene rings is 1. The minimum absolute atomic E-state index is 0.0272. The Morgan fingerprint density at radius 1 is 1.12 bits per heavy atom. The number of ether oxygens (including phenoxy) is 4. The lowest BCUT2D eigenvalue weighted by Crippen LogP contribution is -2.55. The third-order valence-electron chi connectivity index (χ3n) is 6.95. The zero-order valence-electron chi connectivity index (χ0n) is 23.0. The van der Waals surface area contributed by atoms with Crippen LogP contribution >= 0.6 is 0 Å². The van der Waals surface area contributed by atoms with Crippen molar-refractivity contribution in [3.63, 3.8) is 0 Å². The first-order chi connectivity index (χ1) is 19.0. The maximum atomic E-state index is 13.3. The molecule has 3 aromatic rings. The fraction of sp³-hybridized carbons (Fsp3) is 0.483. The molecule has 40 heavy (non-hydrogen) atoms. The predicted octanol–water partition coefficient (Wildman–Crippen LogP) is 5.98. The minimum Gasteiger partial charge on any atom is -0.496 e. The third-order valence-corrected chi connectivity index (χ3v) is 6.95. The van der Waals surface area contributed by atoms with Crippen molar-refractivity contribution in [2.24, 2.45) is 5.92 Å². The SMILES string of the molecule is COc1cc(-c2cnc3cc(OCC4CCN4C(=O)OC(C)(C)C)ccn23)cc(OC(F)F)c1C(=O)CC1CC1. The number of carbonyl (C=O) groups is 2. The topological polar surface area (TPSA) is 91.6 Å². The molecule has 1 unspecified atom stereocenters. The largest absolute Gasteiger partial charge is 0.496 e. The summed E-state index contributed by atoms with van der Waals surface area (Å²) in [4.78, 5) is 31.4. The Morgan fingerprint density at radius 3 is 2.50 bits per heavy atom. The summed E-state index contributed by atoms with van der Waals surface area (Å²) in [5.41, 5.74) is 1.12. The highest BCUT2D eigenvalue weighted by atomic mass is 19.3. The number of fused-ring (bicyclic) bond motifs is 1. The van der Waals surface area contributed by atoms with Crippen molar-refractivity contribution in [1.82, 2.24) is 14.3 Å². The first kappa shape index (κ1) is 27.7. The number of carbonyl (C=O) groups excluding carboxylic acids is 2. The van der Waals surface area contributed by atoms with Crippen LogP contribution in [0.5, 0.6) is 17.2 Å². The molecule has 1 aromatic carbocycles. The van der Waals surface area contributed by atoms with Crippen LogP contribution in [-0.4, -0.2) is 64.7 Å². The Labute approximate surface area is 231 Å². The first-order valence-corrected chi connectivity index (χ1v) is 13.3. The third kappa shape index (κ3) is 6.13. The summed E-state index contributed by atoms with van der Waals surface area (Å²) in [5.74, 6) is 0.513. The van der Waals surface area contributed by atoms with Crippen LogP contribution in [0, 0.1) is 5.92 Å². The van der Waals surface area contributed by atoms with Crippen LogP contribution in [0.4, 0.5) is 13.6 Å². The quantitative estimate of drug-likeness (QED) is 0.283. The number of nitrogens with zero attached hydrogens (tertiary/aromatic N) is 3. The summed E-state index contributed by atoms with van der Waals surface area (Å²) >= 11 is 0. The number of amides is 1. The summed E-state index contributed by atoms with van der Waals surface area (Å²) in [6, 6.07) is 6.49. The predicted molar refractivity (Wildman–Crippen MR) is 142 cm³/mol. The van der Waals surface area contributed by atoms with Gasteiger partial charge in [0.25, 0.3) is 0 Å². The van der Waals surface area contributed by atoms with Gasteiger partial charge in [0, 0.05) is 30.8 Å². The molecule has 3 heterocycles. The second-order valence-corrected chi connectivity index (χ2v) is 11.2. The number of imidazole rings is 1. The lowest BCUT2D eigenvalue weighted by atomic mass is 10.00. The first-order valence-electron chi connectivity index (χ1n) is 13.3. The van der Waals surface area contributed by atoms with Gasteiger partial charge in [-0.25, -0.2) is 9.78 Å². The second-order valence-electron chi connectivity index (χ2n) is 11.2. The molecule has 0 N–H and O–H groups in total. The number of likely N-dealkylation sites (tertiary alicyclic amines) is 1. The molecular formula is C29H33F2N3O6. The van der Waals surface area contributed by atoms with Crippen molar-refractivity contribution in [1.29, 1.82) is 0 Å². The number of ketones is 1. The van der Waals surface area contributed by atoms with Gasteiger partial charge in [-0.3, -0.25) is 9.20 Å². The van der Waals surface area contributed by atoms with Gasteiger partial charge in [0.1, 0.15) is 40.7 Å². The number of hydrogen-bond donors (Lipinski definition) is 0. The fourth-order valence-electron chi connectivity index (χ4n) is 4.68. The summed E-state index contributed by atoms with van der Waals surface area (Å²) in [5, 5.41) is 0. The van der Waals surface area contributed by atoms with E-state index < -0.39 is 12.2 Å². The molecule has 1 saturated carbocycles. The maximum absolute atomic E-state index is 13.3. The minimum atomic E-state index is -3.10. The number of halogens is 2. The molecule has 0 spiro atoms. The Balaban J connectivity index is 1.35. The van der Waals surface area contributed by atoms with Crippen LogP contribution in [0.2, 0.25) is 0 Å². The molecule has 214 valence electrons. The van der Waals surface area contributed by atoms with Gasteiger partial charge in [-0.05, 0) is 64.2 Å².